The van der Waals surface area contributed by atoms with Crippen LogP contribution in [0.25, 0.3) is 0 Å². The van der Waals surface area contributed by atoms with Crippen molar-refractivity contribution in [3.05, 3.63) is 65.2 Å². The van der Waals surface area contributed by atoms with Gasteiger partial charge in [-0.2, -0.15) is 0 Å². The predicted octanol–water partition coefficient (Wildman–Crippen LogP) is 3.33. The number of ether oxygens (including phenoxy) is 3. The Morgan fingerprint density at radius 2 is 1.79 bits per heavy atom. The summed E-state index contributed by atoms with van der Waals surface area (Å²) in [5, 5.41) is 3.36. The molecule has 0 aliphatic carbocycles. The second kappa shape index (κ2) is 10.8. The molecule has 24 heavy (non-hydrogen) atoms. The molecule has 0 aliphatic heterocycles. The lowest BCUT2D eigenvalue weighted by Crippen LogP contribution is -2.19. The lowest BCUT2D eigenvalue weighted by molar-refractivity contribution is 0.0885. The fourth-order valence-corrected chi connectivity index (χ4v) is 2.36. The number of hydrogen-bond acceptors (Lipinski definition) is 4. The van der Waals surface area contributed by atoms with Crippen LogP contribution in [0.5, 0.6) is 5.75 Å². The quantitative estimate of drug-likeness (QED) is 0.642. The van der Waals surface area contributed by atoms with E-state index in [9.17, 15) is 0 Å². The number of nitrogens with one attached hydrogen (secondary N) is 1. The third-order valence-electron chi connectivity index (χ3n) is 3.61. The van der Waals surface area contributed by atoms with Crippen LogP contribution < -0.4 is 10.1 Å². The maximum absolute atomic E-state index is 5.89. The number of rotatable bonds is 11. The summed E-state index contributed by atoms with van der Waals surface area (Å²) in [6.07, 6.45) is 0. The van der Waals surface area contributed by atoms with E-state index in [2.05, 4.69) is 36.5 Å². The maximum atomic E-state index is 5.89. The molecule has 0 fully saturated rings. The molecule has 2 aromatic carbocycles. The van der Waals surface area contributed by atoms with Gasteiger partial charge in [-0.05, 0) is 18.6 Å². The van der Waals surface area contributed by atoms with E-state index in [-0.39, 0.29) is 0 Å². The van der Waals surface area contributed by atoms with Crippen molar-refractivity contribution in [2.75, 3.05) is 33.5 Å². The average Bonchev–Trinajstić information content (AvgIpc) is 2.61. The second-order valence-electron chi connectivity index (χ2n) is 5.67. The van der Waals surface area contributed by atoms with Crippen LogP contribution in [0.15, 0.2) is 48.5 Å². The first-order valence-corrected chi connectivity index (χ1v) is 8.33. The average molecular weight is 329 g/mol. The van der Waals surface area contributed by atoms with Crippen molar-refractivity contribution in [2.45, 2.75) is 20.1 Å². The van der Waals surface area contributed by atoms with Gasteiger partial charge in [-0.3, -0.25) is 0 Å². The molecule has 1 N–H and O–H groups in total. The van der Waals surface area contributed by atoms with Crippen molar-refractivity contribution >= 4 is 0 Å². The molecule has 0 heterocycles. The third-order valence-corrected chi connectivity index (χ3v) is 3.61. The van der Waals surface area contributed by atoms with Crippen LogP contribution in [0.2, 0.25) is 0 Å². The van der Waals surface area contributed by atoms with Crippen LogP contribution >= 0.6 is 0 Å². The van der Waals surface area contributed by atoms with Crippen LogP contribution in [-0.2, 0) is 22.6 Å². The molecule has 2 rings (SSSR count). The molecule has 4 nitrogen and oxygen atoms in total. The van der Waals surface area contributed by atoms with Gasteiger partial charge in [0.2, 0.25) is 0 Å². The Kier molecular flexibility index (Phi) is 8.32. The SMILES string of the molecule is COCCNCc1cc(C)ccc1OCCOCc1ccccc1. The molecule has 0 amide bonds. The monoisotopic (exact) mass is 329 g/mol. The van der Waals surface area contributed by atoms with Gasteiger partial charge in [-0.1, -0.05) is 48.0 Å². The lowest BCUT2D eigenvalue weighted by Gasteiger charge is -2.13. The van der Waals surface area contributed by atoms with E-state index >= 15 is 0 Å². The largest absolute Gasteiger partial charge is 0.491 e. The van der Waals surface area contributed by atoms with Gasteiger partial charge in [0.1, 0.15) is 12.4 Å². The van der Waals surface area contributed by atoms with Gasteiger partial charge in [0.15, 0.2) is 0 Å². The summed E-state index contributed by atoms with van der Waals surface area (Å²) >= 11 is 0. The molecule has 0 saturated heterocycles. The highest BCUT2D eigenvalue weighted by atomic mass is 16.5. The molecule has 0 aliphatic rings. The zero-order valence-electron chi connectivity index (χ0n) is 14.6. The Labute approximate surface area is 144 Å². The highest BCUT2D eigenvalue weighted by molar-refractivity contribution is 5.36. The normalized spacial score (nSPS) is 10.8. The van der Waals surface area contributed by atoms with Crippen molar-refractivity contribution in [3.63, 3.8) is 0 Å². The van der Waals surface area contributed by atoms with Crippen molar-refractivity contribution in [1.29, 1.82) is 0 Å². The molecule has 4 heteroatoms. The van der Waals surface area contributed by atoms with E-state index in [4.69, 9.17) is 14.2 Å². The number of hydrogen-bond donors (Lipinski definition) is 1. The Balaban J connectivity index is 1.74. The molecule has 0 bridgehead atoms. The van der Waals surface area contributed by atoms with Crippen LogP contribution in [0.1, 0.15) is 16.7 Å². The zero-order valence-corrected chi connectivity index (χ0v) is 14.6. The van der Waals surface area contributed by atoms with Crippen LogP contribution in [0.4, 0.5) is 0 Å². The van der Waals surface area contributed by atoms with Gasteiger partial charge in [0.05, 0.1) is 19.8 Å². The second-order valence-corrected chi connectivity index (χ2v) is 5.67. The van der Waals surface area contributed by atoms with E-state index in [1.165, 1.54) is 11.1 Å². The third kappa shape index (κ3) is 6.71. The molecule has 0 saturated carbocycles. The number of aryl methyl sites for hydroxylation is 1. The highest BCUT2D eigenvalue weighted by Gasteiger charge is 2.04. The molecular formula is C20H27NO3. The van der Waals surface area contributed by atoms with Gasteiger partial charge in [0, 0.05) is 25.8 Å². The van der Waals surface area contributed by atoms with Gasteiger partial charge >= 0.3 is 0 Å². The smallest absolute Gasteiger partial charge is 0.123 e. The van der Waals surface area contributed by atoms with Crippen LogP contribution in [-0.4, -0.2) is 33.5 Å². The zero-order chi connectivity index (χ0) is 17.0. The summed E-state index contributed by atoms with van der Waals surface area (Å²) in [6.45, 7) is 6.11. The fourth-order valence-electron chi connectivity index (χ4n) is 2.36. The first-order valence-electron chi connectivity index (χ1n) is 8.33. The number of methoxy groups -OCH3 is 1. The fraction of sp³-hybridized carbons (Fsp3) is 0.400. The minimum atomic E-state index is 0.543. The molecule has 130 valence electrons. The van der Waals surface area contributed by atoms with Gasteiger partial charge in [-0.15, -0.1) is 0 Å². The topological polar surface area (TPSA) is 39.7 Å². The molecule has 0 aromatic heterocycles. The molecule has 0 atom stereocenters. The Bertz CT molecular complexity index is 587. The van der Waals surface area contributed by atoms with Crippen LogP contribution in [0.3, 0.4) is 0 Å². The maximum Gasteiger partial charge on any atom is 0.123 e. The lowest BCUT2D eigenvalue weighted by atomic mass is 10.1. The van der Waals surface area contributed by atoms with Gasteiger partial charge < -0.3 is 19.5 Å². The first kappa shape index (κ1) is 18.5. The van der Waals surface area contributed by atoms with E-state index in [1.54, 1.807) is 7.11 Å². The van der Waals surface area contributed by atoms with Gasteiger partial charge in [0.25, 0.3) is 0 Å². The molecular weight excluding hydrogens is 302 g/mol. The summed E-state index contributed by atoms with van der Waals surface area (Å²) in [4.78, 5) is 0. The Morgan fingerprint density at radius 3 is 2.58 bits per heavy atom. The summed E-state index contributed by atoms with van der Waals surface area (Å²) < 4.78 is 16.6. The van der Waals surface area contributed by atoms with Crippen molar-refractivity contribution in [2.24, 2.45) is 0 Å². The van der Waals surface area contributed by atoms with Crippen molar-refractivity contribution < 1.29 is 14.2 Å². The van der Waals surface area contributed by atoms with Crippen LogP contribution in [0, 0.1) is 6.92 Å². The Hall–Kier alpha value is -1.88. The summed E-state index contributed by atoms with van der Waals surface area (Å²) in [5.41, 5.74) is 3.57. The molecule has 2 aromatic rings. The number of benzene rings is 2. The summed E-state index contributed by atoms with van der Waals surface area (Å²) in [7, 11) is 1.71. The van der Waals surface area contributed by atoms with E-state index in [0.29, 0.717) is 26.4 Å². The van der Waals surface area contributed by atoms with E-state index in [1.807, 2.05) is 24.3 Å². The Morgan fingerprint density at radius 1 is 0.958 bits per heavy atom. The van der Waals surface area contributed by atoms with Gasteiger partial charge in [-0.25, -0.2) is 0 Å². The van der Waals surface area contributed by atoms with Crippen molar-refractivity contribution in [3.8, 4) is 5.75 Å². The molecule has 0 spiro atoms. The standard InChI is InChI=1S/C20H27NO3/c1-17-8-9-20(19(14-17)15-21-10-11-22-2)24-13-12-23-16-18-6-4-3-5-7-18/h3-9,14,21H,10-13,15-16H2,1-2H3. The minimum absolute atomic E-state index is 0.543. The minimum Gasteiger partial charge on any atom is -0.491 e. The van der Waals surface area contributed by atoms with E-state index in [0.717, 1.165) is 24.4 Å². The predicted molar refractivity (Wildman–Crippen MR) is 96.4 cm³/mol. The highest BCUT2D eigenvalue weighted by Crippen LogP contribution is 2.20. The van der Waals surface area contributed by atoms with E-state index < -0.39 is 0 Å². The molecule has 0 radical (unpaired) electrons. The summed E-state index contributed by atoms with van der Waals surface area (Å²) in [6, 6.07) is 16.4. The first-order chi connectivity index (χ1) is 11.8. The summed E-state index contributed by atoms with van der Waals surface area (Å²) in [5.74, 6) is 0.911. The molecule has 0 unspecified atom stereocenters. The van der Waals surface area contributed by atoms with Crippen molar-refractivity contribution in [1.82, 2.24) is 5.32 Å².